The average molecular weight is 325 g/mol. The van der Waals surface area contributed by atoms with Crippen LogP contribution >= 0.6 is 12.4 Å². The summed E-state index contributed by atoms with van der Waals surface area (Å²) in [5.74, 6) is 0.527. The number of nitrogen functional groups attached to an aromatic ring is 1. The zero-order valence-corrected chi connectivity index (χ0v) is 14.9. The summed E-state index contributed by atoms with van der Waals surface area (Å²) in [4.78, 5) is 12.3. The van der Waals surface area contributed by atoms with E-state index in [-0.39, 0.29) is 29.8 Å². The highest BCUT2D eigenvalue weighted by Gasteiger charge is 2.26. The van der Waals surface area contributed by atoms with Gasteiger partial charge < -0.3 is 11.1 Å². The van der Waals surface area contributed by atoms with Gasteiger partial charge in [-0.05, 0) is 53.9 Å². The molecule has 3 N–H and O–H groups in total. The fourth-order valence-electron chi connectivity index (χ4n) is 2.82. The van der Waals surface area contributed by atoms with Crippen molar-refractivity contribution in [3.8, 4) is 0 Å². The molecule has 1 aliphatic carbocycles. The fraction of sp³-hybridized carbons (Fsp3) is 0.611. The third kappa shape index (κ3) is 4.64. The van der Waals surface area contributed by atoms with Crippen LogP contribution in [0.25, 0.3) is 0 Å². The van der Waals surface area contributed by atoms with Gasteiger partial charge in [-0.25, -0.2) is 0 Å². The second kappa shape index (κ2) is 7.36. The van der Waals surface area contributed by atoms with Gasteiger partial charge >= 0.3 is 0 Å². The first-order valence-corrected chi connectivity index (χ1v) is 7.95. The number of nitrogens with two attached hydrogens (primary N) is 1. The van der Waals surface area contributed by atoms with Crippen LogP contribution in [0.1, 0.15) is 64.1 Å². The summed E-state index contributed by atoms with van der Waals surface area (Å²) >= 11 is 0. The summed E-state index contributed by atoms with van der Waals surface area (Å²) in [5, 5.41) is 3.22. The van der Waals surface area contributed by atoms with Gasteiger partial charge in [0, 0.05) is 12.1 Å². The zero-order valence-electron chi connectivity index (χ0n) is 14.1. The van der Waals surface area contributed by atoms with E-state index < -0.39 is 0 Å². The van der Waals surface area contributed by atoms with Crippen molar-refractivity contribution in [2.75, 3.05) is 5.73 Å². The normalized spacial score (nSPS) is 18.8. The Morgan fingerprint density at radius 2 is 2.09 bits per heavy atom. The van der Waals surface area contributed by atoms with Crippen molar-refractivity contribution in [2.45, 2.75) is 59.4 Å². The molecular weight excluding hydrogens is 296 g/mol. The Hall–Kier alpha value is -1.22. The summed E-state index contributed by atoms with van der Waals surface area (Å²) in [6, 6.07) is 6.20. The van der Waals surface area contributed by atoms with E-state index in [1.54, 1.807) is 0 Å². The Kier molecular flexibility index (Phi) is 6.30. The number of carbonyl (C=O) groups excluding carboxylic acids is 1. The minimum atomic E-state index is 0. The van der Waals surface area contributed by atoms with Gasteiger partial charge in [-0.3, -0.25) is 4.79 Å². The van der Waals surface area contributed by atoms with Crippen molar-refractivity contribution in [3.63, 3.8) is 0 Å². The van der Waals surface area contributed by atoms with E-state index in [1.807, 2.05) is 12.1 Å². The van der Waals surface area contributed by atoms with Crippen molar-refractivity contribution in [3.05, 3.63) is 29.3 Å². The second-order valence-corrected chi connectivity index (χ2v) is 7.44. The number of hydrogen-bond donors (Lipinski definition) is 2. The summed E-state index contributed by atoms with van der Waals surface area (Å²) < 4.78 is 0. The molecule has 1 aromatic carbocycles. The summed E-state index contributed by atoms with van der Waals surface area (Å²) in [5.41, 5.74) is 9.36. The quantitative estimate of drug-likeness (QED) is 0.816. The molecule has 0 saturated carbocycles. The van der Waals surface area contributed by atoms with E-state index in [9.17, 15) is 4.79 Å². The van der Waals surface area contributed by atoms with Gasteiger partial charge in [0.15, 0.2) is 0 Å². The third-order valence-electron chi connectivity index (χ3n) is 4.79. The number of anilines is 1. The molecule has 0 bridgehead atoms. The Bertz CT molecular complexity index is 522. The first-order chi connectivity index (χ1) is 9.77. The molecule has 0 fully saturated rings. The molecule has 124 valence electrons. The smallest absolute Gasteiger partial charge is 0.220 e. The van der Waals surface area contributed by atoms with Crippen LogP contribution in [0.2, 0.25) is 0 Å². The lowest BCUT2D eigenvalue weighted by molar-refractivity contribution is -0.123. The van der Waals surface area contributed by atoms with Crippen molar-refractivity contribution in [1.29, 1.82) is 0 Å². The lowest BCUT2D eigenvalue weighted by Gasteiger charge is -2.30. The van der Waals surface area contributed by atoms with Gasteiger partial charge in [0.1, 0.15) is 0 Å². The molecule has 0 heterocycles. The zero-order chi connectivity index (χ0) is 15.6. The van der Waals surface area contributed by atoms with Crippen LogP contribution in [0.4, 0.5) is 5.69 Å². The standard InChI is InChI=1S/C18H28N2O.ClH/c1-12(18(2,3)4)10-17(21)20-16-7-5-6-13-11-14(19)8-9-15(13)16;/h8-9,11-12,16H,5-7,10,19H2,1-4H3,(H,20,21);1H. The van der Waals surface area contributed by atoms with Gasteiger partial charge in [0.05, 0.1) is 6.04 Å². The number of hydrogen-bond acceptors (Lipinski definition) is 2. The van der Waals surface area contributed by atoms with E-state index in [1.165, 1.54) is 11.1 Å². The molecule has 1 amide bonds. The number of aryl methyl sites for hydroxylation is 1. The lowest BCUT2D eigenvalue weighted by Crippen LogP contribution is -2.33. The van der Waals surface area contributed by atoms with Crippen LogP contribution in [0, 0.1) is 11.3 Å². The van der Waals surface area contributed by atoms with Gasteiger partial charge in [0.25, 0.3) is 0 Å². The molecule has 1 aliphatic rings. The number of benzene rings is 1. The first kappa shape index (κ1) is 18.8. The molecular formula is C18H29ClN2O. The van der Waals surface area contributed by atoms with E-state index >= 15 is 0 Å². The maximum Gasteiger partial charge on any atom is 0.220 e. The SMILES string of the molecule is CC(CC(=O)NC1CCCc2cc(N)ccc21)C(C)(C)C.Cl. The Labute approximate surface area is 140 Å². The van der Waals surface area contributed by atoms with Crippen LogP contribution in [0.3, 0.4) is 0 Å². The van der Waals surface area contributed by atoms with Crippen molar-refractivity contribution in [1.82, 2.24) is 5.32 Å². The topological polar surface area (TPSA) is 55.1 Å². The molecule has 0 saturated heterocycles. The highest BCUT2D eigenvalue weighted by atomic mass is 35.5. The number of amides is 1. The number of carbonyl (C=O) groups is 1. The number of rotatable bonds is 3. The summed E-state index contributed by atoms with van der Waals surface area (Å²) in [7, 11) is 0. The Morgan fingerprint density at radius 3 is 2.73 bits per heavy atom. The molecule has 1 aromatic rings. The van der Waals surface area contributed by atoms with E-state index in [0.29, 0.717) is 12.3 Å². The van der Waals surface area contributed by atoms with Crippen LogP contribution in [-0.2, 0) is 11.2 Å². The van der Waals surface area contributed by atoms with Crippen molar-refractivity contribution in [2.24, 2.45) is 11.3 Å². The van der Waals surface area contributed by atoms with E-state index in [0.717, 1.165) is 24.9 Å². The van der Waals surface area contributed by atoms with Gasteiger partial charge in [-0.1, -0.05) is 33.8 Å². The molecule has 2 atom stereocenters. The maximum atomic E-state index is 12.3. The molecule has 0 spiro atoms. The highest BCUT2D eigenvalue weighted by Crippen LogP contribution is 2.32. The van der Waals surface area contributed by atoms with Crippen LogP contribution in [0.5, 0.6) is 0 Å². The molecule has 3 nitrogen and oxygen atoms in total. The summed E-state index contributed by atoms with van der Waals surface area (Å²) in [6.07, 6.45) is 3.78. The lowest BCUT2D eigenvalue weighted by atomic mass is 9.80. The van der Waals surface area contributed by atoms with E-state index in [4.69, 9.17) is 5.73 Å². The fourth-order valence-corrected chi connectivity index (χ4v) is 2.82. The average Bonchev–Trinajstić information content (AvgIpc) is 2.37. The van der Waals surface area contributed by atoms with Crippen molar-refractivity contribution >= 4 is 24.0 Å². The molecule has 0 aliphatic heterocycles. The molecule has 4 heteroatoms. The van der Waals surface area contributed by atoms with Gasteiger partial charge in [-0.15, -0.1) is 12.4 Å². The molecule has 2 rings (SSSR count). The molecule has 0 radical (unpaired) electrons. The summed E-state index contributed by atoms with van der Waals surface area (Å²) in [6.45, 7) is 8.70. The maximum absolute atomic E-state index is 12.3. The van der Waals surface area contributed by atoms with Crippen LogP contribution < -0.4 is 11.1 Å². The molecule has 2 unspecified atom stereocenters. The molecule has 22 heavy (non-hydrogen) atoms. The van der Waals surface area contributed by atoms with Crippen LogP contribution in [0.15, 0.2) is 18.2 Å². The monoisotopic (exact) mass is 324 g/mol. The molecule has 0 aromatic heterocycles. The minimum absolute atomic E-state index is 0. The third-order valence-corrected chi connectivity index (χ3v) is 4.79. The second-order valence-electron chi connectivity index (χ2n) is 7.44. The highest BCUT2D eigenvalue weighted by molar-refractivity contribution is 5.85. The first-order valence-electron chi connectivity index (χ1n) is 7.95. The number of halogens is 1. The number of nitrogens with one attached hydrogen (secondary N) is 1. The largest absolute Gasteiger partial charge is 0.399 e. The van der Waals surface area contributed by atoms with Crippen molar-refractivity contribution < 1.29 is 4.79 Å². The van der Waals surface area contributed by atoms with Gasteiger partial charge in [0.2, 0.25) is 5.91 Å². The van der Waals surface area contributed by atoms with Crippen LogP contribution in [-0.4, -0.2) is 5.91 Å². The predicted octanol–water partition coefficient (Wildman–Crippen LogP) is 4.26. The minimum Gasteiger partial charge on any atom is -0.399 e. The van der Waals surface area contributed by atoms with Gasteiger partial charge in [-0.2, -0.15) is 0 Å². The van der Waals surface area contributed by atoms with E-state index in [2.05, 4.69) is 39.1 Å². The number of fused-ring (bicyclic) bond motifs is 1. The Balaban J connectivity index is 0.00000242. The Morgan fingerprint density at radius 1 is 1.41 bits per heavy atom. The predicted molar refractivity (Wildman–Crippen MR) is 95.2 cm³/mol.